The molecule has 0 radical (unpaired) electrons. The van der Waals surface area contributed by atoms with Crippen LogP contribution in [0.15, 0.2) is 42.5 Å². The van der Waals surface area contributed by atoms with Crippen LogP contribution in [-0.4, -0.2) is 30.0 Å². The van der Waals surface area contributed by atoms with Crippen LogP contribution in [0.25, 0.3) is 0 Å². The minimum absolute atomic E-state index is 0.121. The van der Waals surface area contributed by atoms with Crippen LogP contribution in [0, 0.1) is 17.0 Å². The number of carbonyl (C=O) groups excluding carboxylic acids is 2. The molecule has 0 aromatic heterocycles. The second kappa shape index (κ2) is 8.61. The summed E-state index contributed by atoms with van der Waals surface area (Å²) in [5, 5.41) is 13.7. The van der Waals surface area contributed by atoms with Crippen LogP contribution in [0.4, 0.5) is 11.4 Å². The van der Waals surface area contributed by atoms with Crippen molar-refractivity contribution in [3.05, 3.63) is 63.7 Å². The lowest BCUT2D eigenvalue weighted by atomic mass is 10.1. The number of amides is 1. The summed E-state index contributed by atoms with van der Waals surface area (Å²) in [5.74, 6) is -0.588. The van der Waals surface area contributed by atoms with Crippen LogP contribution >= 0.6 is 0 Å². The van der Waals surface area contributed by atoms with Gasteiger partial charge in [0.25, 0.3) is 11.6 Å². The lowest BCUT2D eigenvalue weighted by molar-refractivity contribution is -0.385. The van der Waals surface area contributed by atoms with Gasteiger partial charge >= 0.3 is 5.97 Å². The Morgan fingerprint density at radius 3 is 2.62 bits per heavy atom. The Balaban J connectivity index is 2.10. The van der Waals surface area contributed by atoms with E-state index >= 15 is 0 Å². The van der Waals surface area contributed by atoms with Gasteiger partial charge in [0.2, 0.25) is 0 Å². The molecule has 0 saturated heterocycles. The average Bonchev–Trinajstić information content (AvgIpc) is 2.60. The maximum absolute atomic E-state index is 12.4. The SMILES string of the molecule is CCOC(=O)COc1cccc(NC(=O)c2cccc([N+](=O)[O-])c2C)c1. The van der Waals surface area contributed by atoms with E-state index in [2.05, 4.69) is 5.32 Å². The molecule has 8 nitrogen and oxygen atoms in total. The van der Waals surface area contributed by atoms with Crippen LogP contribution in [0.1, 0.15) is 22.8 Å². The highest BCUT2D eigenvalue weighted by molar-refractivity contribution is 6.05. The van der Waals surface area contributed by atoms with Gasteiger partial charge in [0.15, 0.2) is 6.61 Å². The maximum atomic E-state index is 12.4. The minimum Gasteiger partial charge on any atom is -0.482 e. The molecule has 136 valence electrons. The van der Waals surface area contributed by atoms with Gasteiger partial charge in [-0.1, -0.05) is 12.1 Å². The van der Waals surface area contributed by atoms with Crippen molar-refractivity contribution in [2.45, 2.75) is 13.8 Å². The van der Waals surface area contributed by atoms with Crippen molar-refractivity contribution < 1.29 is 24.0 Å². The number of rotatable bonds is 7. The van der Waals surface area contributed by atoms with E-state index in [9.17, 15) is 19.7 Å². The number of carbonyl (C=O) groups is 2. The summed E-state index contributed by atoms with van der Waals surface area (Å²) in [6, 6.07) is 10.8. The first-order valence-electron chi connectivity index (χ1n) is 7.86. The van der Waals surface area contributed by atoms with Gasteiger partial charge in [-0.25, -0.2) is 4.79 Å². The fourth-order valence-electron chi connectivity index (χ4n) is 2.27. The highest BCUT2D eigenvalue weighted by Gasteiger charge is 2.18. The van der Waals surface area contributed by atoms with Gasteiger partial charge in [0.05, 0.1) is 11.5 Å². The van der Waals surface area contributed by atoms with Crippen molar-refractivity contribution in [2.24, 2.45) is 0 Å². The Labute approximate surface area is 149 Å². The molecular weight excluding hydrogens is 340 g/mol. The Kier molecular flexibility index (Phi) is 6.26. The fourth-order valence-corrected chi connectivity index (χ4v) is 2.27. The smallest absolute Gasteiger partial charge is 0.344 e. The standard InChI is InChI=1S/C18H18N2O6/c1-3-25-17(21)11-26-14-7-4-6-13(10-14)19-18(22)15-8-5-9-16(12(15)2)20(23)24/h4-10H,3,11H2,1-2H3,(H,19,22). The number of hydrogen-bond acceptors (Lipinski definition) is 6. The van der Waals surface area contributed by atoms with E-state index in [0.29, 0.717) is 11.4 Å². The largest absolute Gasteiger partial charge is 0.482 e. The van der Waals surface area contributed by atoms with Crippen molar-refractivity contribution in [1.82, 2.24) is 0 Å². The molecule has 0 spiro atoms. The topological polar surface area (TPSA) is 108 Å². The Morgan fingerprint density at radius 1 is 1.19 bits per heavy atom. The van der Waals surface area contributed by atoms with Crippen molar-refractivity contribution in [3.63, 3.8) is 0 Å². The average molecular weight is 358 g/mol. The number of nitro benzene ring substituents is 1. The van der Waals surface area contributed by atoms with Gasteiger partial charge in [0, 0.05) is 28.9 Å². The molecule has 1 amide bonds. The highest BCUT2D eigenvalue weighted by atomic mass is 16.6. The quantitative estimate of drug-likeness (QED) is 0.463. The lowest BCUT2D eigenvalue weighted by Gasteiger charge is -2.10. The Bertz CT molecular complexity index is 834. The van der Waals surface area contributed by atoms with Crippen LogP contribution in [0.3, 0.4) is 0 Å². The van der Waals surface area contributed by atoms with Crippen molar-refractivity contribution in [3.8, 4) is 5.75 Å². The zero-order chi connectivity index (χ0) is 19.1. The number of anilines is 1. The normalized spacial score (nSPS) is 10.1. The molecule has 2 rings (SSSR count). The molecule has 0 saturated carbocycles. The Morgan fingerprint density at radius 2 is 1.92 bits per heavy atom. The summed E-state index contributed by atoms with van der Waals surface area (Å²) in [7, 11) is 0. The van der Waals surface area contributed by atoms with Crippen LogP contribution < -0.4 is 10.1 Å². The Hall–Kier alpha value is -3.42. The fraction of sp³-hybridized carbons (Fsp3) is 0.222. The second-order valence-corrected chi connectivity index (χ2v) is 5.28. The molecule has 0 aliphatic heterocycles. The summed E-state index contributed by atoms with van der Waals surface area (Å²) < 4.78 is 10.1. The summed E-state index contributed by atoms with van der Waals surface area (Å²) in [5.41, 5.74) is 0.799. The van der Waals surface area contributed by atoms with Crippen molar-refractivity contribution in [2.75, 3.05) is 18.5 Å². The van der Waals surface area contributed by atoms with E-state index in [1.54, 1.807) is 31.2 Å². The molecule has 8 heteroatoms. The zero-order valence-corrected chi connectivity index (χ0v) is 14.4. The van der Waals surface area contributed by atoms with E-state index in [1.807, 2.05) is 0 Å². The first kappa shape index (κ1) is 18.9. The van der Waals surface area contributed by atoms with E-state index in [-0.39, 0.29) is 30.0 Å². The van der Waals surface area contributed by atoms with E-state index < -0.39 is 16.8 Å². The molecule has 0 aliphatic carbocycles. The number of nitro groups is 1. The molecule has 2 aromatic carbocycles. The number of hydrogen-bond donors (Lipinski definition) is 1. The predicted molar refractivity (Wildman–Crippen MR) is 94.4 cm³/mol. The molecule has 2 aromatic rings. The van der Waals surface area contributed by atoms with Gasteiger partial charge in [0.1, 0.15) is 5.75 Å². The number of nitrogens with one attached hydrogen (secondary N) is 1. The monoisotopic (exact) mass is 358 g/mol. The summed E-state index contributed by atoms with van der Waals surface area (Å²) in [6.45, 7) is 3.24. The van der Waals surface area contributed by atoms with E-state index in [0.717, 1.165) is 0 Å². The lowest BCUT2D eigenvalue weighted by Crippen LogP contribution is -2.15. The number of benzene rings is 2. The van der Waals surface area contributed by atoms with E-state index in [1.165, 1.54) is 25.1 Å². The van der Waals surface area contributed by atoms with E-state index in [4.69, 9.17) is 9.47 Å². The first-order chi connectivity index (χ1) is 12.4. The van der Waals surface area contributed by atoms with Gasteiger partial charge in [-0.05, 0) is 32.0 Å². The molecule has 0 atom stereocenters. The summed E-state index contributed by atoms with van der Waals surface area (Å²) in [6.07, 6.45) is 0. The van der Waals surface area contributed by atoms with Gasteiger partial charge in [-0.3, -0.25) is 14.9 Å². The van der Waals surface area contributed by atoms with Gasteiger partial charge in [-0.2, -0.15) is 0 Å². The third-order valence-electron chi connectivity index (χ3n) is 3.50. The second-order valence-electron chi connectivity index (χ2n) is 5.28. The van der Waals surface area contributed by atoms with Crippen LogP contribution in [0.2, 0.25) is 0 Å². The number of esters is 1. The summed E-state index contributed by atoms with van der Waals surface area (Å²) in [4.78, 5) is 34.2. The summed E-state index contributed by atoms with van der Waals surface area (Å²) >= 11 is 0. The molecular formula is C18H18N2O6. The molecule has 1 N–H and O–H groups in total. The third kappa shape index (κ3) is 4.79. The molecule has 0 fully saturated rings. The highest BCUT2D eigenvalue weighted by Crippen LogP contribution is 2.23. The van der Waals surface area contributed by atoms with Gasteiger partial charge < -0.3 is 14.8 Å². The van der Waals surface area contributed by atoms with Gasteiger partial charge in [-0.15, -0.1) is 0 Å². The molecule has 0 bridgehead atoms. The molecule has 0 aliphatic rings. The maximum Gasteiger partial charge on any atom is 0.344 e. The molecule has 0 heterocycles. The number of nitrogens with zero attached hydrogens (tertiary/aromatic N) is 1. The third-order valence-corrected chi connectivity index (χ3v) is 3.50. The zero-order valence-electron chi connectivity index (χ0n) is 14.4. The first-order valence-corrected chi connectivity index (χ1v) is 7.86. The molecule has 0 unspecified atom stereocenters. The van der Waals surface area contributed by atoms with Crippen LogP contribution in [-0.2, 0) is 9.53 Å². The predicted octanol–water partition coefficient (Wildman–Crippen LogP) is 3.10. The minimum atomic E-state index is -0.532. The van der Waals surface area contributed by atoms with Crippen molar-refractivity contribution >= 4 is 23.3 Å². The molecule has 26 heavy (non-hydrogen) atoms. The number of ether oxygens (including phenoxy) is 2. The van der Waals surface area contributed by atoms with Crippen LogP contribution in [0.5, 0.6) is 5.75 Å². The van der Waals surface area contributed by atoms with Crippen molar-refractivity contribution in [1.29, 1.82) is 0 Å².